The van der Waals surface area contributed by atoms with Crippen LogP contribution in [0.3, 0.4) is 0 Å². The Morgan fingerprint density at radius 2 is 1.95 bits per heavy atom. The molecular weight excluding hydrogens is 568 g/mol. The zero-order valence-corrected chi connectivity index (χ0v) is 27.2. The number of hydrogen-bond acceptors (Lipinski definition) is 7. The Balaban J connectivity index is 1.33. The summed E-state index contributed by atoms with van der Waals surface area (Å²) in [7, 11) is 0. The normalized spacial score (nSPS) is 16.8. The van der Waals surface area contributed by atoms with Gasteiger partial charge >= 0.3 is 5.97 Å². The number of esters is 1. The van der Waals surface area contributed by atoms with E-state index in [1.807, 2.05) is 61.1 Å². The Kier molecular flexibility index (Phi) is 8.69. The number of aromatic nitrogens is 5. The number of fused-ring (bicyclic) bond motifs is 1. The average Bonchev–Trinajstić information content (AvgIpc) is 3.79. The minimum absolute atomic E-state index is 0.211. The van der Waals surface area contributed by atoms with Gasteiger partial charge in [0.05, 0.1) is 17.0 Å². The van der Waals surface area contributed by atoms with Gasteiger partial charge in [0.1, 0.15) is 12.1 Å². The molecule has 0 amide bonds. The molecule has 8 nitrogen and oxygen atoms in total. The quantitative estimate of drug-likeness (QED) is 0.158. The van der Waals surface area contributed by atoms with Crippen LogP contribution in [0.1, 0.15) is 77.6 Å². The van der Waals surface area contributed by atoms with Gasteiger partial charge in [0.25, 0.3) is 0 Å². The molecule has 6 rings (SSSR count). The van der Waals surface area contributed by atoms with Gasteiger partial charge in [-0.2, -0.15) is 5.10 Å². The van der Waals surface area contributed by atoms with Gasteiger partial charge in [-0.3, -0.25) is 14.4 Å². The molecule has 0 N–H and O–H groups in total. The Hall–Kier alpha value is -3.82. The lowest BCUT2D eigenvalue weighted by Crippen LogP contribution is -2.36. The topological polar surface area (TPSA) is 78.1 Å². The number of benzene rings is 2. The Morgan fingerprint density at radius 3 is 2.70 bits per heavy atom. The van der Waals surface area contributed by atoms with Crippen LogP contribution in [0.5, 0.6) is 0 Å². The first-order chi connectivity index (χ1) is 21.3. The van der Waals surface area contributed by atoms with Crippen LogP contribution >= 0.6 is 11.3 Å². The molecule has 0 unspecified atom stereocenters. The lowest BCUT2D eigenvalue weighted by atomic mass is 9.72. The van der Waals surface area contributed by atoms with Crippen molar-refractivity contribution in [3.63, 3.8) is 0 Å². The van der Waals surface area contributed by atoms with Crippen LogP contribution in [0.25, 0.3) is 11.0 Å². The van der Waals surface area contributed by atoms with Gasteiger partial charge in [0.2, 0.25) is 0 Å². The van der Waals surface area contributed by atoms with E-state index in [0.29, 0.717) is 6.04 Å². The molecular formula is C35H42N6O2S. The van der Waals surface area contributed by atoms with Crippen LogP contribution in [0, 0.1) is 19.3 Å². The first-order valence-electron chi connectivity index (χ1n) is 15.6. The molecule has 0 bridgehead atoms. The van der Waals surface area contributed by atoms with E-state index in [4.69, 9.17) is 4.74 Å². The number of piperidine rings is 1. The van der Waals surface area contributed by atoms with Crippen molar-refractivity contribution in [1.82, 2.24) is 29.7 Å². The second-order valence-electron chi connectivity index (χ2n) is 12.5. The second kappa shape index (κ2) is 12.7. The van der Waals surface area contributed by atoms with Crippen molar-refractivity contribution >= 4 is 28.3 Å². The summed E-state index contributed by atoms with van der Waals surface area (Å²) in [6, 6.07) is 18.9. The highest BCUT2D eigenvalue weighted by Crippen LogP contribution is 2.47. The maximum absolute atomic E-state index is 13.9. The number of aryl methyl sites for hydroxylation is 3. The largest absolute Gasteiger partial charge is 0.460 e. The standard InChI is InChI=1S/C35H42N6O2S/c1-6-40-30-16-15-29(24(2)33(30)37-38-40)32(35(4,5)34(42)43-23-26-12-8-7-9-13-26)31-20-27(25(3)44-31)21-39-18-10-14-28(22-39)41-19-11-17-36-41/h7-9,11-13,15-17,19-20,28,32H,6,10,14,18,21-23H2,1-5H3/t28-,32+/m0/s1. The summed E-state index contributed by atoms with van der Waals surface area (Å²) in [5.41, 5.74) is 5.50. The fourth-order valence-corrected chi connectivity index (χ4v) is 7.98. The van der Waals surface area contributed by atoms with Crippen LogP contribution < -0.4 is 0 Å². The Labute approximate surface area is 263 Å². The molecule has 1 aliphatic heterocycles. The molecule has 1 aliphatic rings. The average molecular weight is 611 g/mol. The number of likely N-dealkylation sites (tertiary alicyclic amines) is 1. The monoisotopic (exact) mass is 610 g/mol. The van der Waals surface area contributed by atoms with Crippen molar-refractivity contribution in [3.8, 4) is 0 Å². The third-order valence-electron chi connectivity index (χ3n) is 9.15. The van der Waals surface area contributed by atoms with Gasteiger partial charge in [-0.25, -0.2) is 4.68 Å². The fourth-order valence-electron chi connectivity index (χ4n) is 6.63. The smallest absolute Gasteiger partial charge is 0.312 e. The maximum atomic E-state index is 13.9. The molecule has 2 aromatic carbocycles. The van der Waals surface area contributed by atoms with Crippen molar-refractivity contribution in [2.45, 2.75) is 79.1 Å². The zero-order chi connectivity index (χ0) is 30.8. The number of carbonyl (C=O) groups is 1. The summed E-state index contributed by atoms with van der Waals surface area (Å²) in [6.45, 7) is 14.4. The highest BCUT2D eigenvalue weighted by Gasteiger charge is 2.42. The van der Waals surface area contributed by atoms with Crippen molar-refractivity contribution in [2.24, 2.45) is 5.41 Å². The lowest BCUT2D eigenvalue weighted by molar-refractivity contribution is -0.156. The van der Waals surface area contributed by atoms with Gasteiger partial charge < -0.3 is 4.74 Å². The lowest BCUT2D eigenvalue weighted by Gasteiger charge is -2.33. The third kappa shape index (κ3) is 5.95. The first-order valence-corrected chi connectivity index (χ1v) is 16.4. The number of thiophene rings is 1. The van der Waals surface area contributed by atoms with Gasteiger partial charge in [-0.05, 0) is 94.5 Å². The molecule has 0 radical (unpaired) electrons. The predicted molar refractivity (Wildman–Crippen MR) is 175 cm³/mol. The number of rotatable bonds is 10. The van der Waals surface area contributed by atoms with E-state index in [9.17, 15) is 4.79 Å². The summed E-state index contributed by atoms with van der Waals surface area (Å²) in [5, 5.41) is 13.4. The van der Waals surface area contributed by atoms with Crippen molar-refractivity contribution < 1.29 is 9.53 Å². The molecule has 3 aromatic heterocycles. The Bertz CT molecular complexity index is 1720. The molecule has 0 spiro atoms. The minimum atomic E-state index is -0.834. The molecule has 0 saturated carbocycles. The third-order valence-corrected chi connectivity index (χ3v) is 10.3. The van der Waals surface area contributed by atoms with E-state index in [1.54, 1.807) is 11.3 Å². The molecule has 1 saturated heterocycles. The first kappa shape index (κ1) is 30.2. The van der Waals surface area contributed by atoms with Crippen LogP contribution in [-0.4, -0.2) is 48.7 Å². The molecule has 1 fully saturated rings. The SMILES string of the molecule is CCn1nnc2c(C)c([C@H](c3cc(CN4CCC[C@H](n5cccn5)C4)c(C)s3)C(C)(C)C(=O)OCc3ccccc3)ccc21. The van der Waals surface area contributed by atoms with E-state index in [2.05, 4.69) is 70.2 Å². The molecule has 0 aliphatic carbocycles. The predicted octanol–water partition coefficient (Wildman–Crippen LogP) is 7.06. The van der Waals surface area contributed by atoms with Crippen LogP contribution in [0.4, 0.5) is 0 Å². The summed E-state index contributed by atoms with van der Waals surface area (Å²) in [5.74, 6) is -0.425. The number of carbonyl (C=O) groups excluding carboxylic acids is 1. The molecule has 230 valence electrons. The Morgan fingerprint density at radius 1 is 1.14 bits per heavy atom. The molecule has 2 atom stereocenters. The molecule has 44 heavy (non-hydrogen) atoms. The minimum Gasteiger partial charge on any atom is -0.460 e. The number of ether oxygens (including phenoxy) is 1. The summed E-state index contributed by atoms with van der Waals surface area (Å²) in [4.78, 5) is 18.9. The van der Waals surface area contributed by atoms with E-state index < -0.39 is 5.41 Å². The number of nitrogens with zero attached hydrogens (tertiary/aromatic N) is 6. The van der Waals surface area contributed by atoms with Gasteiger partial charge in [-0.15, -0.1) is 16.4 Å². The molecule has 5 aromatic rings. The van der Waals surface area contributed by atoms with Crippen molar-refractivity contribution in [2.75, 3.05) is 13.1 Å². The summed E-state index contributed by atoms with van der Waals surface area (Å²) >= 11 is 1.79. The second-order valence-corrected chi connectivity index (χ2v) is 13.8. The van der Waals surface area contributed by atoms with Gasteiger partial charge in [0, 0.05) is 47.7 Å². The van der Waals surface area contributed by atoms with Crippen LogP contribution in [0.2, 0.25) is 0 Å². The van der Waals surface area contributed by atoms with E-state index in [-0.39, 0.29) is 18.5 Å². The highest BCUT2D eigenvalue weighted by atomic mass is 32.1. The zero-order valence-electron chi connectivity index (χ0n) is 26.4. The summed E-state index contributed by atoms with van der Waals surface area (Å²) in [6.07, 6.45) is 6.24. The van der Waals surface area contributed by atoms with E-state index in [0.717, 1.165) is 66.7 Å². The molecule has 9 heteroatoms. The van der Waals surface area contributed by atoms with E-state index in [1.165, 1.54) is 15.3 Å². The maximum Gasteiger partial charge on any atom is 0.312 e. The van der Waals surface area contributed by atoms with Crippen LogP contribution in [-0.2, 0) is 29.2 Å². The van der Waals surface area contributed by atoms with Gasteiger partial charge in [-0.1, -0.05) is 41.6 Å². The van der Waals surface area contributed by atoms with E-state index >= 15 is 0 Å². The van der Waals surface area contributed by atoms with Gasteiger partial charge in [0.15, 0.2) is 0 Å². The highest BCUT2D eigenvalue weighted by molar-refractivity contribution is 7.12. The fraction of sp³-hybridized carbons (Fsp3) is 0.429. The van der Waals surface area contributed by atoms with Crippen LogP contribution in [0.15, 0.2) is 67.0 Å². The molecule has 4 heterocycles. The summed E-state index contributed by atoms with van der Waals surface area (Å²) < 4.78 is 10.0. The van der Waals surface area contributed by atoms with Crippen molar-refractivity contribution in [1.29, 1.82) is 0 Å². The number of hydrogen-bond donors (Lipinski definition) is 0. The van der Waals surface area contributed by atoms with Crippen molar-refractivity contribution in [3.05, 3.63) is 99.0 Å².